The fourth-order valence-electron chi connectivity index (χ4n) is 3.01. The van der Waals surface area contributed by atoms with E-state index in [4.69, 9.17) is 9.47 Å². The van der Waals surface area contributed by atoms with Gasteiger partial charge in [0.05, 0.1) is 12.5 Å². The molecule has 1 fully saturated rings. The van der Waals surface area contributed by atoms with Gasteiger partial charge in [-0.15, -0.1) is 0 Å². The van der Waals surface area contributed by atoms with Gasteiger partial charge < -0.3 is 9.47 Å². The van der Waals surface area contributed by atoms with Gasteiger partial charge in [-0.1, -0.05) is 32.6 Å². The van der Waals surface area contributed by atoms with Crippen molar-refractivity contribution in [2.45, 2.75) is 71.1 Å². The van der Waals surface area contributed by atoms with Crippen molar-refractivity contribution in [1.82, 2.24) is 0 Å². The number of carbonyl (C=O) groups is 1. The highest BCUT2D eigenvalue weighted by atomic mass is 16.5. The Morgan fingerprint density at radius 2 is 1.70 bits per heavy atom. The van der Waals surface area contributed by atoms with Crippen LogP contribution in [0.5, 0.6) is 0 Å². The Kier molecular flexibility index (Phi) is 9.73. The lowest BCUT2D eigenvalue weighted by Gasteiger charge is -2.27. The smallest absolute Gasteiger partial charge is 0.308 e. The minimum Gasteiger partial charge on any atom is -0.465 e. The minimum absolute atomic E-state index is 0.0365. The lowest BCUT2D eigenvalue weighted by atomic mass is 9.80. The third-order valence-electron chi connectivity index (χ3n) is 4.38. The van der Waals surface area contributed by atoms with E-state index in [0.717, 1.165) is 38.2 Å². The highest BCUT2D eigenvalue weighted by molar-refractivity contribution is 5.72. The molecule has 0 aromatic carbocycles. The number of esters is 1. The van der Waals surface area contributed by atoms with E-state index in [-0.39, 0.29) is 11.9 Å². The second-order valence-electron chi connectivity index (χ2n) is 6.08. The van der Waals surface area contributed by atoms with E-state index in [1.807, 2.05) is 0 Å². The van der Waals surface area contributed by atoms with Gasteiger partial charge in [0.25, 0.3) is 0 Å². The molecule has 1 rings (SSSR count). The number of rotatable bonds is 10. The van der Waals surface area contributed by atoms with Gasteiger partial charge in [-0.3, -0.25) is 4.79 Å². The first kappa shape index (κ1) is 17.5. The van der Waals surface area contributed by atoms with E-state index in [1.54, 1.807) is 7.11 Å². The molecule has 1 aliphatic carbocycles. The zero-order valence-corrected chi connectivity index (χ0v) is 13.4. The molecule has 3 nitrogen and oxygen atoms in total. The Hall–Kier alpha value is -0.570. The first-order valence-corrected chi connectivity index (χ1v) is 8.43. The van der Waals surface area contributed by atoms with Gasteiger partial charge >= 0.3 is 5.97 Å². The summed E-state index contributed by atoms with van der Waals surface area (Å²) in [6.45, 7) is 3.55. The van der Waals surface area contributed by atoms with Crippen molar-refractivity contribution in [2.24, 2.45) is 11.8 Å². The van der Waals surface area contributed by atoms with Crippen LogP contribution in [0, 0.1) is 11.8 Å². The maximum absolute atomic E-state index is 11.9. The molecular weight excluding hydrogens is 252 g/mol. The van der Waals surface area contributed by atoms with Crippen LogP contribution < -0.4 is 0 Å². The summed E-state index contributed by atoms with van der Waals surface area (Å²) in [6, 6.07) is 0. The largest absolute Gasteiger partial charge is 0.465 e. The molecule has 0 N–H and O–H groups in total. The Morgan fingerprint density at radius 1 is 1.00 bits per heavy atom. The van der Waals surface area contributed by atoms with Crippen LogP contribution in [0.1, 0.15) is 71.1 Å². The molecule has 0 atom stereocenters. The van der Waals surface area contributed by atoms with Crippen LogP contribution in [0.25, 0.3) is 0 Å². The molecule has 0 aromatic rings. The molecule has 0 aromatic heterocycles. The van der Waals surface area contributed by atoms with Gasteiger partial charge in [0.1, 0.15) is 0 Å². The standard InChI is InChI=1S/C17H32O3/c1-3-4-5-8-15-9-11-16(12-10-15)17(18)20-14-7-6-13-19-2/h15-16H,3-14H2,1-2H3. The predicted molar refractivity (Wildman–Crippen MR) is 81.7 cm³/mol. The molecule has 0 radical (unpaired) electrons. The van der Waals surface area contributed by atoms with Crippen molar-refractivity contribution in [1.29, 1.82) is 0 Å². The fraction of sp³-hybridized carbons (Fsp3) is 0.941. The molecule has 0 spiro atoms. The third-order valence-corrected chi connectivity index (χ3v) is 4.38. The molecule has 0 unspecified atom stereocenters. The van der Waals surface area contributed by atoms with Crippen molar-refractivity contribution in [3.8, 4) is 0 Å². The average molecular weight is 284 g/mol. The highest BCUT2D eigenvalue weighted by Gasteiger charge is 2.26. The van der Waals surface area contributed by atoms with Crippen LogP contribution in [0.15, 0.2) is 0 Å². The van der Waals surface area contributed by atoms with Crippen molar-refractivity contribution in [2.75, 3.05) is 20.3 Å². The number of hydrogen-bond donors (Lipinski definition) is 0. The second kappa shape index (κ2) is 11.1. The fourth-order valence-corrected chi connectivity index (χ4v) is 3.01. The molecule has 0 aliphatic heterocycles. The topological polar surface area (TPSA) is 35.5 Å². The van der Waals surface area contributed by atoms with E-state index in [2.05, 4.69) is 6.92 Å². The highest BCUT2D eigenvalue weighted by Crippen LogP contribution is 2.32. The Morgan fingerprint density at radius 3 is 2.35 bits per heavy atom. The van der Waals surface area contributed by atoms with Crippen molar-refractivity contribution >= 4 is 5.97 Å². The van der Waals surface area contributed by atoms with Gasteiger partial charge in [-0.25, -0.2) is 0 Å². The number of carbonyl (C=O) groups excluding carboxylic acids is 1. The molecule has 1 aliphatic rings. The molecule has 0 heterocycles. The van der Waals surface area contributed by atoms with Crippen LogP contribution in [-0.2, 0) is 14.3 Å². The summed E-state index contributed by atoms with van der Waals surface area (Å²) in [5.74, 6) is 1.06. The zero-order valence-electron chi connectivity index (χ0n) is 13.4. The Labute approximate surface area is 124 Å². The van der Waals surface area contributed by atoms with Crippen LogP contribution in [0.3, 0.4) is 0 Å². The number of unbranched alkanes of at least 4 members (excludes halogenated alkanes) is 3. The van der Waals surface area contributed by atoms with Gasteiger partial charge in [0.15, 0.2) is 0 Å². The normalized spacial score (nSPS) is 22.7. The molecule has 20 heavy (non-hydrogen) atoms. The Bertz CT molecular complexity index is 245. The van der Waals surface area contributed by atoms with E-state index in [1.165, 1.54) is 38.5 Å². The summed E-state index contributed by atoms with van der Waals surface area (Å²) in [7, 11) is 1.70. The minimum atomic E-state index is 0.0365. The van der Waals surface area contributed by atoms with E-state index < -0.39 is 0 Å². The summed E-state index contributed by atoms with van der Waals surface area (Å²) in [4.78, 5) is 11.9. The molecule has 3 heteroatoms. The van der Waals surface area contributed by atoms with Crippen molar-refractivity contribution in [3.05, 3.63) is 0 Å². The average Bonchev–Trinajstić information content (AvgIpc) is 2.48. The maximum atomic E-state index is 11.9. The lowest BCUT2D eigenvalue weighted by Crippen LogP contribution is -2.24. The van der Waals surface area contributed by atoms with Crippen LogP contribution in [0.4, 0.5) is 0 Å². The van der Waals surface area contributed by atoms with Gasteiger partial charge in [-0.2, -0.15) is 0 Å². The van der Waals surface area contributed by atoms with Crippen LogP contribution in [-0.4, -0.2) is 26.3 Å². The van der Waals surface area contributed by atoms with Crippen molar-refractivity contribution < 1.29 is 14.3 Å². The molecule has 118 valence electrons. The van der Waals surface area contributed by atoms with Crippen molar-refractivity contribution in [3.63, 3.8) is 0 Å². The summed E-state index contributed by atoms with van der Waals surface area (Å²) in [6.07, 6.45) is 11.7. The quantitative estimate of drug-likeness (QED) is 0.442. The summed E-state index contributed by atoms with van der Waals surface area (Å²) in [5, 5.41) is 0. The number of methoxy groups -OCH3 is 1. The molecule has 0 saturated heterocycles. The van der Waals surface area contributed by atoms with E-state index in [9.17, 15) is 4.79 Å². The van der Waals surface area contributed by atoms with E-state index >= 15 is 0 Å². The third kappa shape index (κ3) is 7.28. The first-order valence-electron chi connectivity index (χ1n) is 8.43. The second-order valence-corrected chi connectivity index (χ2v) is 6.08. The predicted octanol–water partition coefficient (Wildman–Crippen LogP) is 4.34. The summed E-state index contributed by atoms with van der Waals surface area (Å²) in [5.41, 5.74) is 0. The maximum Gasteiger partial charge on any atom is 0.308 e. The Balaban J connectivity index is 2.06. The van der Waals surface area contributed by atoms with Gasteiger partial charge in [-0.05, 0) is 44.4 Å². The van der Waals surface area contributed by atoms with Crippen LogP contribution in [0.2, 0.25) is 0 Å². The SMILES string of the molecule is CCCCCC1CCC(C(=O)OCCCCOC)CC1. The molecular formula is C17H32O3. The lowest BCUT2D eigenvalue weighted by molar-refractivity contribution is -0.150. The van der Waals surface area contributed by atoms with Gasteiger partial charge in [0.2, 0.25) is 0 Å². The monoisotopic (exact) mass is 284 g/mol. The molecule has 0 amide bonds. The number of hydrogen-bond acceptors (Lipinski definition) is 3. The van der Waals surface area contributed by atoms with Gasteiger partial charge in [0, 0.05) is 13.7 Å². The first-order chi connectivity index (χ1) is 9.77. The van der Waals surface area contributed by atoms with E-state index in [0.29, 0.717) is 6.61 Å². The molecule has 1 saturated carbocycles. The number of ether oxygens (including phenoxy) is 2. The zero-order chi connectivity index (χ0) is 14.6. The summed E-state index contributed by atoms with van der Waals surface area (Å²) < 4.78 is 10.3. The summed E-state index contributed by atoms with van der Waals surface area (Å²) >= 11 is 0. The molecule has 0 bridgehead atoms. The van der Waals surface area contributed by atoms with Crippen LogP contribution >= 0.6 is 0 Å².